The van der Waals surface area contributed by atoms with Crippen molar-refractivity contribution >= 4 is 17.9 Å². The van der Waals surface area contributed by atoms with E-state index in [0.29, 0.717) is 32.5 Å². The molecule has 0 aliphatic carbocycles. The van der Waals surface area contributed by atoms with Gasteiger partial charge in [0.05, 0.1) is 5.92 Å². The number of hydrogen-bond donors (Lipinski definition) is 2. The van der Waals surface area contributed by atoms with Crippen LogP contribution in [-0.2, 0) is 16.1 Å². The summed E-state index contributed by atoms with van der Waals surface area (Å²) in [6.45, 7) is 3.78. The lowest BCUT2D eigenvalue weighted by Gasteiger charge is -2.20. The quantitative estimate of drug-likeness (QED) is 0.858. The van der Waals surface area contributed by atoms with Crippen molar-refractivity contribution in [3.05, 3.63) is 35.4 Å². The Hall–Kier alpha value is -2.57. The molecule has 1 aromatic rings. The normalized spacial score (nSPS) is 23.2. The first-order chi connectivity index (χ1) is 11.9. The van der Waals surface area contributed by atoms with Crippen LogP contribution >= 0.6 is 0 Å². The number of aryl methyl sites for hydroxylation is 1. The Balaban J connectivity index is 1.52. The van der Waals surface area contributed by atoms with Crippen molar-refractivity contribution in [2.24, 2.45) is 5.92 Å². The fourth-order valence-electron chi connectivity index (χ4n) is 3.33. The van der Waals surface area contributed by atoms with E-state index in [4.69, 9.17) is 5.11 Å². The maximum atomic E-state index is 12.5. The first-order valence-electron chi connectivity index (χ1n) is 8.56. The Bertz CT molecular complexity index is 673. The molecular weight excluding hydrogens is 322 g/mol. The highest BCUT2D eigenvalue weighted by Gasteiger charge is 2.36. The van der Waals surface area contributed by atoms with Crippen molar-refractivity contribution in [2.45, 2.75) is 32.4 Å². The highest BCUT2D eigenvalue weighted by atomic mass is 16.4. The van der Waals surface area contributed by atoms with Crippen molar-refractivity contribution in [3.63, 3.8) is 0 Å². The molecule has 2 aliphatic heterocycles. The molecule has 2 N–H and O–H groups in total. The summed E-state index contributed by atoms with van der Waals surface area (Å²) in [5, 5.41) is 11.8. The maximum absolute atomic E-state index is 12.5. The molecule has 0 saturated carbocycles. The number of hydrogen-bond acceptors (Lipinski definition) is 3. The van der Waals surface area contributed by atoms with Crippen LogP contribution in [0.15, 0.2) is 24.3 Å². The second-order valence-corrected chi connectivity index (χ2v) is 6.81. The number of carboxylic acids is 1. The number of carbonyl (C=O) groups excluding carboxylic acids is 2. The molecule has 2 saturated heterocycles. The van der Waals surface area contributed by atoms with Crippen LogP contribution in [0.1, 0.15) is 24.0 Å². The third kappa shape index (κ3) is 3.92. The van der Waals surface area contributed by atoms with Crippen LogP contribution < -0.4 is 5.32 Å². The lowest BCUT2D eigenvalue weighted by atomic mass is 10.1. The van der Waals surface area contributed by atoms with Gasteiger partial charge >= 0.3 is 12.0 Å². The summed E-state index contributed by atoms with van der Waals surface area (Å²) in [5.41, 5.74) is 2.24. The Morgan fingerprint density at radius 2 is 1.92 bits per heavy atom. The van der Waals surface area contributed by atoms with Crippen molar-refractivity contribution in [2.75, 3.05) is 19.6 Å². The van der Waals surface area contributed by atoms with Gasteiger partial charge in [-0.2, -0.15) is 0 Å². The monoisotopic (exact) mass is 345 g/mol. The topological polar surface area (TPSA) is 90.0 Å². The fourth-order valence-corrected chi connectivity index (χ4v) is 3.33. The minimum Gasteiger partial charge on any atom is -0.481 e. The van der Waals surface area contributed by atoms with Gasteiger partial charge in [0.2, 0.25) is 5.91 Å². The highest BCUT2D eigenvalue weighted by Crippen LogP contribution is 2.19. The van der Waals surface area contributed by atoms with Gasteiger partial charge < -0.3 is 20.2 Å². The predicted octanol–water partition coefficient (Wildman–Crippen LogP) is 1.21. The molecule has 2 fully saturated rings. The van der Waals surface area contributed by atoms with E-state index in [1.165, 1.54) is 10.5 Å². The van der Waals surface area contributed by atoms with Gasteiger partial charge in [0.15, 0.2) is 0 Å². The highest BCUT2D eigenvalue weighted by molar-refractivity contribution is 5.89. The van der Waals surface area contributed by atoms with Gasteiger partial charge in [-0.15, -0.1) is 0 Å². The van der Waals surface area contributed by atoms with Crippen LogP contribution in [0.25, 0.3) is 0 Å². The van der Waals surface area contributed by atoms with Crippen LogP contribution in [0, 0.1) is 12.8 Å². The molecule has 0 bridgehead atoms. The van der Waals surface area contributed by atoms with Crippen LogP contribution in [0.5, 0.6) is 0 Å². The number of carbonyl (C=O) groups is 3. The number of nitrogens with zero attached hydrogens (tertiary/aromatic N) is 2. The van der Waals surface area contributed by atoms with Gasteiger partial charge in [-0.25, -0.2) is 4.79 Å². The van der Waals surface area contributed by atoms with Crippen molar-refractivity contribution in [3.8, 4) is 0 Å². The Morgan fingerprint density at radius 1 is 1.20 bits per heavy atom. The average molecular weight is 345 g/mol. The van der Waals surface area contributed by atoms with Crippen LogP contribution in [-0.4, -0.2) is 58.5 Å². The van der Waals surface area contributed by atoms with Crippen LogP contribution in [0.2, 0.25) is 0 Å². The summed E-state index contributed by atoms with van der Waals surface area (Å²) in [6.07, 6.45) is 1.04. The van der Waals surface area contributed by atoms with Crippen molar-refractivity contribution in [1.82, 2.24) is 15.1 Å². The smallest absolute Gasteiger partial charge is 0.318 e. The average Bonchev–Trinajstić information content (AvgIpc) is 3.19. The first-order valence-corrected chi connectivity index (χ1v) is 8.56. The van der Waals surface area contributed by atoms with Gasteiger partial charge in [-0.1, -0.05) is 29.8 Å². The molecule has 2 aliphatic rings. The molecule has 1 aromatic carbocycles. The number of benzene rings is 1. The molecule has 0 aromatic heterocycles. The number of carboxylic acid groups (broad SMARTS) is 1. The summed E-state index contributed by atoms with van der Waals surface area (Å²) in [4.78, 5) is 39.0. The van der Waals surface area contributed by atoms with Crippen molar-refractivity contribution < 1.29 is 19.5 Å². The second-order valence-electron chi connectivity index (χ2n) is 6.81. The lowest BCUT2D eigenvalue weighted by Crippen LogP contribution is -2.47. The third-order valence-corrected chi connectivity index (χ3v) is 4.91. The molecule has 2 atom stereocenters. The summed E-state index contributed by atoms with van der Waals surface area (Å²) >= 11 is 0. The zero-order valence-electron chi connectivity index (χ0n) is 14.3. The minimum absolute atomic E-state index is 0.0806. The standard InChI is InChI=1S/C18H23N3O4/c1-12-2-4-13(5-3-12)10-20-9-7-15(16(20)22)19-18(25)21-8-6-14(11-21)17(23)24/h2-5,14-15H,6-11H2,1H3,(H,19,25)(H,23,24)/t14-,15+/m1/s1. The zero-order chi connectivity index (χ0) is 18.0. The minimum atomic E-state index is -0.878. The van der Waals surface area contributed by atoms with E-state index in [2.05, 4.69) is 5.32 Å². The van der Waals surface area contributed by atoms with Crippen LogP contribution in [0.3, 0.4) is 0 Å². The van der Waals surface area contributed by atoms with Gasteiger partial charge in [-0.3, -0.25) is 9.59 Å². The number of amides is 3. The SMILES string of the molecule is Cc1ccc(CN2CC[C@H](NC(=O)N3CC[C@@H](C(=O)O)C3)C2=O)cc1. The molecule has 0 radical (unpaired) electrons. The van der Waals surface area contributed by atoms with E-state index in [0.717, 1.165) is 5.56 Å². The van der Waals surface area contributed by atoms with Gasteiger partial charge in [0, 0.05) is 26.2 Å². The van der Waals surface area contributed by atoms with E-state index in [1.807, 2.05) is 31.2 Å². The number of rotatable bonds is 4. The lowest BCUT2D eigenvalue weighted by molar-refractivity contribution is -0.141. The van der Waals surface area contributed by atoms with E-state index >= 15 is 0 Å². The largest absolute Gasteiger partial charge is 0.481 e. The number of urea groups is 1. The van der Waals surface area contributed by atoms with Crippen molar-refractivity contribution in [1.29, 1.82) is 0 Å². The molecule has 7 nitrogen and oxygen atoms in total. The Morgan fingerprint density at radius 3 is 2.56 bits per heavy atom. The molecule has 3 rings (SSSR count). The number of aliphatic carboxylic acids is 1. The second kappa shape index (κ2) is 7.13. The Kier molecular flexibility index (Phi) is 4.92. The number of likely N-dealkylation sites (tertiary alicyclic amines) is 2. The first kappa shape index (κ1) is 17.3. The van der Waals surface area contributed by atoms with Crippen LogP contribution in [0.4, 0.5) is 4.79 Å². The summed E-state index contributed by atoms with van der Waals surface area (Å²) < 4.78 is 0. The zero-order valence-corrected chi connectivity index (χ0v) is 14.3. The summed E-state index contributed by atoms with van der Waals surface area (Å²) in [5.74, 6) is -1.47. The summed E-state index contributed by atoms with van der Waals surface area (Å²) in [6, 6.07) is 7.17. The molecule has 7 heteroatoms. The molecule has 0 unspecified atom stereocenters. The van der Waals surface area contributed by atoms with E-state index < -0.39 is 17.9 Å². The van der Waals surface area contributed by atoms with Gasteiger partial charge in [0.1, 0.15) is 6.04 Å². The molecule has 134 valence electrons. The molecule has 3 amide bonds. The molecule has 25 heavy (non-hydrogen) atoms. The molecular formula is C18H23N3O4. The van der Waals surface area contributed by atoms with E-state index in [-0.39, 0.29) is 18.5 Å². The maximum Gasteiger partial charge on any atom is 0.318 e. The number of nitrogens with one attached hydrogen (secondary N) is 1. The molecule has 2 heterocycles. The van der Waals surface area contributed by atoms with Gasteiger partial charge in [-0.05, 0) is 25.3 Å². The predicted molar refractivity (Wildman–Crippen MR) is 90.8 cm³/mol. The third-order valence-electron chi connectivity index (χ3n) is 4.91. The fraction of sp³-hybridized carbons (Fsp3) is 0.500. The summed E-state index contributed by atoms with van der Waals surface area (Å²) in [7, 11) is 0. The Labute approximate surface area is 146 Å². The van der Waals surface area contributed by atoms with E-state index in [9.17, 15) is 14.4 Å². The molecule has 0 spiro atoms. The van der Waals surface area contributed by atoms with E-state index in [1.54, 1.807) is 4.90 Å². The van der Waals surface area contributed by atoms with Gasteiger partial charge in [0.25, 0.3) is 0 Å².